The van der Waals surface area contributed by atoms with Gasteiger partial charge < -0.3 is 0 Å². The summed E-state index contributed by atoms with van der Waals surface area (Å²) in [6.45, 7) is 3.99. The Morgan fingerprint density at radius 2 is 1.39 bits per heavy atom. The van der Waals surface area contributed by atoms with Crippen LogP contribution < -0.4 is 0 Å². The first-order valence-electron chi connectivity index (χ1n) is 11.1. The van der Waals surface area contributed by atoms with E-state index in [0.29, 0.717) is 5.92 Å². The van der Waals surface area contributed by atoms with Crippen LogP contribution in [0.3, 0.4) is 0 Å². The third kappa shape index (κ3) is 4.79. The smallest absolute Gasteiger partial charge is 0.0277 e. The molecule has 0 spiro atoms. The molecular weight excluding hydrogens is 522 g/mol. The van der Waals surface area contributed by atoms with Gasteiger partial charge in [0.1, 0.15) is 0 Å². The summed E-state index contributed by atoms with van der Waals surface area (Å²) in [5.41, 5.74) is 8.64. The SMILES string of the molecule is C=CCCCC(C1=CC=CC1)(c1ccccc1)C1c2ccccc2-c2ccccc21.Cl.Cl.[Zr]. The summed E-state index contributed by atoms with van der Waals surface area (Å²) in [6.07, 6.45) is 13.3. The Morgan fingerprint density at radius 1 is 0.818 bits per heavy atom. The average molecular weight is 553 g/mol. The zero-order chi connectivity index (χ0) is 20.4. The number of hydrogen-bond donors (Lipinski definition) is 0. The van der Waals surface area contributed by atoms with Gasteiger partial charge in [0, 0.05) is 37.5 Å². The summed E-state index contributed by atoms with van der Waals surface area (Å²) in [4.78, 5) is 0. The van der Waals surface area contributed by atoms with Crippen LogP contribution in [-0.2, 0) is 31.6 Å². The first-order chi connectivity index (χ1) is 14.9. The third-order valence-electron chi connectivity index (χ3n) is 6.94. The van der Waals surface area contributed by atoms with E-state index in [2.05, 4.69) is 110 Å². The molecule has 0 bridgehead atoms. The fourth-order valence-corrected chi connectivity index (χ4v) is 5.71. The standard InChI is InChI=1S/C30H28.2ClH.Zr/c1-2-3-13-22-30(24-16-7-8-17-24,23-14-5-4-6-15-23)29-27-20-11-9-18-25(27)26-19-10-12-21-28(26)29;;;/h2,4-12,14-16,18-21,29H,1,3,13,17,22H2;2*1H;. The summed E-state index contributed by atoms with van der Waals surface area (Å²) < 4.78 is 0. The molecule has 0 saturated carbocycles. The van der Waals surface area contributed by atoms with Gasteiger partial charge in [-0.05, 0) is 53.5 Å². The zero-order valence-electron chi connectivity index (χ0n) is 18.7. The number of allylic oxidation sites excluding steroid dienone is 5. The Morgan fingerprint density at radius 3 is 1.94 bits per heavy atom. The normalized spacial score (nSPS) is 15.1. The number of halogens is 2. The van der Waals surface area contributed by atoms with Gasteiger partial charge in [-0.1, -0.05) is 109 Å². The Hall–Kier alpha value is -1.66. The van der Waals surface area contributed by atoms with Crippen molar-refractivity contribution in [3.63, 3.8) is 0 Å². The molecule has 0 aromatic heterocycles. The van der Waals surface area contributed by atoms with Crippen LogP contribution in [0.5, 0.6) is 0 Å². The van der Waals surface area contributed by atoms with E-state index in [1.807, 2.05) is 0 Å². The molecule has 0 nitrogen and oxygen atoms in total. The maximum Gasteiger partial charge on any atom is 0.0277 e. The molecule has 1 unspecified atom stereocenters. The number of fused-ring (bicyclic) bond motifs is 3. The van der Waals surface area contributed by atoms with E-state index in [1.165, 1.54) is 33.4 Å². The summed E-state index contributed by atoms with van der Waals surface area (Å²) in [5, 5.41) is 0. The van der Waals surface area contributed by atoms with E-state index in [1.54, 1.807) is 0 Å². The van der Waals surface area contributed by atoms with Crippen molar-refractivity contribution < 1.29 is 26.2 Å². The van der Waals surface area contributed by atoms with Crippen LogP contribution in [-0.4, -0.2) is 0 Å². The van der Waals surface area contributed by atoms with Crippen molar-refractivity contribution in [3.05, 3.63) is 132 Å². The number of benzene rings is 3. The van der Waals surface area contributed by atoms with E-state index < -0.39 is 0 Å². The second kappa shape index (κ2) is 12.2. The van der Waals surface area contributed by atoms with Crippen LogP contribution in [0.1, 0.15) is 48.3 Å². The molecule has 0 amide bonds. The average Bonchev–Trinajstić information content (AvgIpc) is 3.45. The van der Waals surface area contributed by atoms with E-state index in [4.69, 9.17) is 0 Å². The molecule has 0 radical (unpaired) electrons. The van der Waals surface area contributed by atoms with Crippen molar-refractivity contribution in [2.24, 2.45) is 0 Å². The monoisotopic (exact) mass is 550 g/mol. The van der Waals surface area contributed by atoms with E-state index >= 15 is 0 Å². The van der Waals surface area contributed by atoms with Gasteiger partial charge in [0.25, 0.3) is 0 Å². The van der Waals surface area contributed by atoms with Crippen LogP contribution in [0, 0.1) is 0 Å². The van der Waals surface area contributed by atoms with Crippen LogP contribution >= 0.6 is 24.8 Å². The fourth-order valence-electron chi connectivity index (χ4n) is 5.71. The number of hydrogen-bond acceptors (Lipinski definition) is 0. The molecule has 3 heteroatoms. The fraction of sp³-hybridized carbons (Fsp3) is 0.200. The Kier molecular flexibility index (Phi) is 10.2. The molecule has 0 fully saturated rings. The van der Waals surface area contributed by atoms with Crippen LogP contribution in [0.4, 0.5) is 0 Å². The minimum Gasteiger partial charge on any atom is -0.147 e. The minimum atomic E-state index is -0.0591. The zero-order valence-corrected chi connectivity index (χ0v) is 22.8. The van der Waals surface area contributed by atoms with Crippen molar-refractivity contribution in [3.8, 4) is 11.1 Å². The minimum absolute atomic E-state index is 0. The predicted molar refractivity (Wildman–Crippen MR) is 142 cm³/mol. The van der Waals surface area contributed by atoms with Crippen molar-refractivity contribution in [2.75, 3.05) is 0 Å². The summed E-state index contributed by atoms with van der Waals surface area (Å²) in [5.74, 6) is 0.322. The van der Waals surface area contributed by atoms with Crippen LogP contribution in [0.15, 0.2) is 115 Å². The Balaban J connectivity index is 0.00000128. The van der Waals surface area contributed by atoms with E-state index in [0.717, 1.165) is 25.7 Å². The van der Waals surface area contributed by atoms with Gasteiger partial charge in [-0.2, -0.15) is 0 Å². The van der Waals surface area contributed by atoms with Crippen molar-refractivity contribution in [1.29, 1.82) is 0 Å². The summed E-state index contributed by atoms with van der Waals surface area (Å²) in [7, 11) is 0. The van der Waals surface area contributed by atoms with Gasteiger partial charge in [-0.3, -0.25) is 0 Å². The maximum atomic E-state index is 3.99. The molecule has 33 heavy (non-hydrogen) atoms. The maximum absolute atomic E-state index is 3.99. The predicted octanol–water partition coefficient (Wildman–Crippen LogP) is 8.82. The number of rotatable bonds is 7. The van der Waals surface area contributed by atoms with Crippen molar-refractivity contribution >= 4 is 24.8 Å². The molecular formula is C30H30Cl2Zr. The molecule has 3 aromatic carbocycles. The molecule has 2 aliphatic rings. The van der Waals surface area contributed by atoms with Gasteiger partial charge in [0.05, 0.1) is 0 Å². The topological polar surface area (TPSA) is 0 Å². The van der Waals surface area contributed by atoms with Crippen LogP contribution in [0.25, 0.3) is 11.1 Å². The van der Waals surface area contributed by atoms with E-state index in [9.17, 15) is 0 Å². The van der Waals surface area contributed by atoms with Crippen LogP contribution in [0.2, 0.25) is 0 Å². The third-order valence-corrected chi connectivity index (χ3v) is 6.94. The van der Waals surface area contributed by atoms with Gasteiger partial charge in [0.15, 0.2) is 0 Å². The molecule has 3 aromatic rings. The van der Waals surface area contributed by atoms with Gasteiger partial charge in [-0.25, -0.2) is 0 Å². The number of unbranched alkanes of at least 4 members (excludes halogenated alkanes) is 1. The summed E-state index contributed by atoms with van der Waals surface area (Å²) in [6, 6.07) is 29.3. The molecule has 0 N–H and O–H groups in total. The Bertz CT molecular complexity index is 1090. The molecule has 0 aliphatic heterocycles. The molecule has 0 heterocycles. The molecule has 168 valence electrons. The van der Waals surface area contributed by atoms with Crippen molar-refractivity contribution in [1.82, 2.24) is 0 Å². The summed E-state index contributed by atoms with van der Waals surface area (Å²) >= 11 is 0. The molecule has 1 atom stereocenters. The first kappa shape index (κ1) is 27.6. The first-order valence-corrected chi connectivity index (χ1v) is 11.1. The van der Waals surface area contributed by atoms with Gasteiger partial charge >= 0.3 is 0 Å². The van der Waals surface area contributed by atoms with E-state index in [-0.39, 0.29) is 56.4 Å². The van der Waals surface area contributed by atoms with Gasteiger partial charge in [0.2, 0.25) is 0 Å². The van der Waals surface area contributed by atoms with Crippen molar-refractivity contribution in [2.45, 2.75) is 37.0 Å². The second-order valence-corrected chi connectivity index (χ2v) is 8.45. The molecule has 5 rings (SSSR count). The quantitative estimate of drug-likeness (QED) is 0.203. The Labute approximate surface area is 229 Å². The van der Waals surface area contributed by atoms with Gasteiger partial charge in [-0.15, -0.1) is 31.4 Å². The molecule has 2 aliphatic carbocycles. The largest absolute Gasteiger partial charge is 0.147 e. The molecule has 0 saturated heterocycles. The second-order valence-electron chi connectivity index (χ2n) is 8.45.